The van der Waals surface area contributed by atoms with Gasteiger partial charge in [0.15, 0.2) is 17.5 Å². The second-order valence-corrected chi connectivity index (χ2v) is 6.01. The molecule has 0 bridgehead atoms. The summed E-state index contributed by atoms with van der Waals surface area (Å²) in [5.41, 5.74) is 0.884. The van der Waals surface area contributed by atoms with E-state index in [1.807, 2.05) is 13.0 Å². The molecule has 0 aliphatic heterocycles. The standard InChI is InChI=1S/C17H23N3O3S.HI/c1-4-18-17(20-11-13-6-5-7-24-13)19-10-12-8-14(22-2)16(21)15(9-12)23-3;/h5-9,21H,4,10-11H2,1-3H3,(H2,18,19,20);1H. The molecule has 0 spiro atoms. The van der Waals surface area contributed by atoms with E-state index in [-0.39, 0.29) is 29.7 Å². The summed E-state index contributed by atoms with van der Waals surface area (Å²) in [6, 6.07) is 7.62. The van der Waals surface area contributed by atoms with Gasteiger partial charge in [-0.25, -0.2) is 4.99 Å². The van der Waals surface area contributed by atoms with Gasteiger partial charge in [-0.2, -0.15) is 0 Å². The molecule has 1 heterocycles. The van der Waals surface area contributed by atoms with Crippen molar-refractivity contribution in [2.24, 2.45) is 4.99 Å². The number of benzene rings is 1. The number of nitrogens with zero attached hydrogens (tertiary/aromatic N) is 1. The highest BCUT2D eigenvalue weighted by Crippen LogP contribution is 2.37. The Balaban J connectivity index is 0.00000312. The van der Waals surface area contributed by atoms with Crippen molar-refractivity contribution < 1.29 is 14.6 Å². The molecule has 2 aromatic rings. The third-order valence-electron chi connectivity index (χ3n) is 3.31. The molecule has 0 aliphatic rings. The summed E-state index contributed by atoms with van der Waals surface area (Å²) < 4.78 is 10.3. The van der Waals surface area contributed by atoms with Crippen LogP contribution in [0.2, 0.25) is 0 Å². The number of guanidine groups is 1. The first-order chi connectivity index (χ1) is 11.7. The van der Waals surface area contributed by atoms with Gasteiger partial charge >= 0.3 is 0 Å². The van der Waals surface area contributed by atoms with Crippen molar-refractivity contribution in [2.75, 3.05) is 20.8 Å². The summed E-state index contributed by atoms with van der Waals surface area (Å²) in [6.07, 6.45) is 0. The van der Waals surface area contributed by atoms with Gasteiger partial charge in [0.2, 0.25) is 5.75 Å². The van der Waals surface area contributed by atoms with E-state index in [1.165, 1.54) is 19.1 Å². The maximum atomic E-state index is 9.96. The van der Waals surface area contributed by atoms with Crippen LogP contribution in [0.25, 0.3) is 0 Å². The van der Waals surface area contributed by atoms with Crippen molar-refractivity contribution >= 4 is 41.3 Å². The fraction of sp³-hybridized carbons (Fsp3) is 0.353. The smallest absolute Gasteiger partial charge is 0.200 e. The van der Waals surface area contributed by atoms with Gasteiger partial charge < -0.3 is 25.2 Å². The molecule has 0 atom stereocenters. The van der Waals surface area contributed by atoms with Crippen LogP contribution in [0.1, 0.15) is 17.4 Å². The number of aliphatic imine (C=N–C) groups is 1. The number of hydrogen-bond acceptors (Lipinski definition) is 5. The quantitative estimate of drug-likeness (QED) is 0.324. The van der Waals surface area contributed by atoms with Crippen LogP contribution in [0.4, 0.5) is 0 Å². The zero-order chi connectivity index (χ0) is 17.4. The lowest BCUT2D eigenvalue weighted by Crippen LogP contribution is -2.36. The fourth-order valence-electron chi connectivity index (χ4n) is 2.14. The number of ether oxygens (including phenoxy) is 2. The van der Waals surface area contributed by atoms with E-state index in [9.17, 15) is 5.11 Å². The molecule has 25 heavy (non-hydrogen) atoms. The van der Waals surface area contributed by atoms with E-state index >= 15 is 0 Å². The normalized spacial score (nSPS) is 10.8. The van der Waals surface area contributed by atoms with E-state index < -0.39 is 0 Å². The summed E-state index contributed by atoms with van der Waals surface area (Å²) in [5, 5.41) is 18.5. The predicted molar refractivity (Wildman–Crippen MR) is 113 cm³/mol. The van der Waals surface area contributed by atoms with E-state index in [0.29, 0.717) is 18.0 Å². The molecule has 2 rings (SSSR count). The molecule has 0 unspecified atom stereocenters. The average Bonchev–Trinajstić information content (AvgIpc) is 3.11. The van der Waals surface area contributed by atoms with Gasteiger partial charge in [-0.05, 0) is 36.1 Å². The number of phenolic OH excluding ortho intramolecular Hbond substituents is 1. The van der Waals surface area contributed by atoms with Crippen LogP contribution in [-0.4, -0.2) is 31.8 Å². The van der Waals surface area contributed by atoms with Gasteiger partial charge in [-0.15, -0.1) is 35.3 Å². The minimum Gasteiger partial charge on any atom is -0.502 e. The molecule has 6 nitrogen and oxygen atoms in total. The molecule has 8 heteroatoms. The number of thiophene rings is 1. The van der Waals surface area contributed by atoms with Crippen LogP contribution < -0.4 is 20.1 Å². The number of halogens is 1. The molecular formula is C17H24IN3O3S. The maximum absolute atomic E-state index is 9.96. The summed E-state index contributed by atoms with van der Waals surface area (Å²) in [4.78, 5) is 5.81. The van der Waals surface area contributed by atoms with Crippen molar-refractivity contribution in [3.63, 3.8) is 0 Å². The predicted octanol–water partition coefficient (Wildman–Crippen LogP) is 3.34. The van der Waals surface area contributed by atoms with E-state index in [4.69, 9.17) is 9.47 Å². The first-order valence-corrected chi connectivity index (χ1v) is 8.54. The largest absolute Gasteiger partial charge is 0.502 e. The molecule has 0 radical (unpaired) electrons. The Bertz CT molecular complexity index is 653. The van der Waals surface area contributed by atoms with Crippen LogP contribution in [0.5, 0.6) is 17.2 Å². The lowest BCUT2D eigenvalue weighted by atomic mass is 10.2. The molecular weight excluding hydrogens is 453 g/mol. The van der Waals surface area contributed by atoms with Gasteiger partial charge in [0.1, 0.15) is 0 Å². The molecule has 0 saturated carbocycles. The Morgan fingerprint density at radius 3 is 2.40 bits per heavy atom. The average molecular weight is 477 g/mol. The van der Waals surface area contributed by atoms with Gasteiger partial charge in [-0.3, -0.25) is 0 Å². The molecule has 0 saturated heterocycles. The van der Waals surface area contributed by atoms with Gasteiger partial charge in [0, 0.05) is 11.4 Å². The molecule has 0 fully saturated rings. The molecule has 1 aromatic heterocycles. The van der Waals surface area contributed by atoms with Crippen molar-refractivity contribution in [3.8, 4) is 17.2 Å². The summed E-state index contributed by atoms with van der Waals surface area (Å²) in [6.45, 7) is 3.96. The maximum Gasteiger partial charge on any atom is 0.200 e. The number of hydrogen-bond donors (Lipinski definition) is 3. The van der Waals surface area contributed by atoms with Crippen molar-refractivity contribution in [1.29, 1.82) is 0 Å². The number of aromatic hydroxyl groups is 1. The lowest BCUT2D eigenvalue weighted by Gasteiger charge is -2.12. The molecule has 0 amide bonds. The van der Waals surface area contributed by atoms with Crippen LogP contribution in [0.3, 0.4) is 0 Å². The Labute approximate surface area is 169 Å². The van der Waals surface area contributed by atoms with Crippen LogP contribution >= 0.6 is 35.3 Å². The summed E-state index contributed by atoms with van der Waals surface area (Å²) in [5.74, 6) is 1.47. The Kier molecular flexibility index (Phi) is 9.43. The monoisotopic (exact) mass is 477 g/mol. The second kappa shape index (κ2) is 11.0. The first-order valence-electron chi connectivity index (χ1n) is 7.66. The van der Waals surface area contributed by atoms with E-state index in [0.717, 1.165) is 24.6 Å². The van der Waals surface area contributed by atoms with Crippen LogP contribution in [0, 0.1) is 0 Å². The number of phenols is 1. The molecule has 1 aromatic carbocycles. The molecule has 3 N–H and O–H groups in total. The van der Waals surface area contributed by atoms with E-state index in [1.54, 1.807) is 23.5 Å². The van der Waals surface area contributed by atoms with Gasteiger partial charge in [0.05, 0.1) is 27.3 Å². The number of methoxy groups -OCH3 is 2. The van der Waals surface area contributed by atoms with Crippen molar-refractivity contribution in [1.82, 2.24) is 10.6 Å². The SMILES string of the molecule is CCNC(=NCc1cc(OC)c(O)c(OC)c1)NCc1cccs1.I. The second-order valence-electron chi connectivity index (χ2n) is 4.98. The minimum absolute atomic E-state index is 0. The Morgan fingerprint density at radius 2 is 1.88 bits per heavy atom. The first kappa shape index (κ1) is 21.4. The fourth-order valence-corrected chi connectivity index (χ4v) is 2.78. The zero-order valence-corrected chi connectivity index (χ0v) is 17.7. The summed E-state index contributed by atoms with van der Waals surface area (Å²) >= 11 is 1.70. The molecule has 138 valence electrons. The van der Waals surface area contributed by atoms with Gasteiger partial charge in [0.25, 0.3) is 0 Å². The van der Waals surface area contributed by atoms with Crippen molar-refractivity contribution in [3.05, 3.63) is 40.1 Å². The summed E-state index contributed by atoms with van der Waals surface area (Å²) in [7, 11) is 3.02. The van der Waals surface area contributed by atoms with E-state index in [2.05, 4.69) is 27.1 Å². The number of rotatable bonds is 7. The third kappa shape index (κ3) is 6.28. The Morgan fingerprint density at radius 1 is 1.20 bits per heavy atom. The lowest BCUT2D eigenvalue weighted by molar-refractivity contribution is 0.339. The van der Waals surface area contributed by atoms with Crippen molar-refractivity contribution in [2.45, 2.75) is 20.0 Å². The highest BCUT2D eigenvalue weighted by molar-refractivity contribution is 14.0. The topological polar surface area (TPSA) is 75.1 Å². The Hall–Kier alpha value is -1.68. The minimum atomic E-state index is -0.00421. The van der Waals surface area contributed by atoms with Gasteiger partial charge in [-0.1, -0.05) is 6.07 Å². The molecule has 0 aliphatic carbocycles. The highest BCUT2D eigenvalue weighted by atomic mass is 127. The van der Waals surface area contributed by atoms with Crippen LogP contribution in [0.15, 0.2) is 34.6 Å². The van der Waals surface area contributed by atoms with Crippen LogP contribution in [-0.2, 0) is 13.1 Å². The highest BCUT2D eigenvalue weighted by Gasteiger charge is 2.11. The zero-order valence-electron chi connectivity index (χ0n) is 14.5. The number of nitrogens with one attached hydrogen (secondary N) is 2. The third-order valence-corrected chi connectivity index (χ3v) is 4.19.